The second-order valence-electron chi connectivity index (χ2n) is 2.20. The highest BCUT2D eigenvalue weighted by molar-refractivity contribution is 5.74. The third-order valence-corrected chi connectivity index (χ3v) is 1.26. The zero-order chi connectivity index (χ0) is 7.49. The number of nitrogens with two attached hydrogens (primary N) is 1. The summed E-state index contributed by atoms with van der Waals surface area (Å²) in [7, 11) is 0. The van der Waals surface area contributed by atoms with Crippen molar-refractivity contribution in [2.75, 3.05) is 13.2 Å². The lowest BCUT2D eigenvalue weighted by atomic mass is 9.93. The predicted octanol–water partition coefficient (Wildman–Crippen LogP) is 0.00550. The second-order valence-corrected chi connectivity index (χ2v) is 2.20. The molecule has 1 unspecified atom stereocenters. The van der Waals surface area contributed by atoms with E-state index in [0.717, 1.165) is 0 Å². The third kappa shape index (κ3) is 1.64. The standard InChI is InChI=1S/C5H10FNO2/c1-5(2-6,3-7)4(8)9/h2-3,7H2,1H3,(H,8,9). The quantitative estimate of drug-likeness (QED) is 0.572. The Hall–Kier alpha value is -0.640. The van der Waals surface area contributed by atoms with Crippen molar-refractivity contribution >= 4 is 5.97 Å². The zero-order valence-corrected chi connectivity index (χ0v) is 5.22. The van der Waals surface area contributed by atoms with Crippen molar-refractivity contribution in [3.8, 4) is 0 Å². The van der Waals surface area contributed by atoms with Crippen molar-refractivity contribution in [3.05, 3.63) is 0 Å². The number of carboxylic acids is 1. The fourth-order valence-electron chi connectivity index (χ4n) is 0.199. The SMILES string of the molecule is CC(CN)(CF)C(=O)O. The molecule has 0 radical (unpaired) electrons. The van der Waals surface area contributed by atoms with Crippen LogP contribution < -0.4 is 5.73 Å². The van der Waals surface area contributed by atoms with Gasteiger partial charge in [0.1, 0.15) is 12.1 Å². The molecule has 9 heavy (non-hydrogen) atoms. The van der Waals surface area contributed by atoms with Gasteiger partial charge in [-0.1, -0.05) is 0 Å². The van der Waals surface area contributed by atoms with E-state index in [1.807, 2.05) is 0 Å². The number of hydrogen-bond acceptors (Lipinski definition) is 2. The van der Waals surface area contributed by atoms with Crippen LogP contribution in [0, 0.1) is 5.41 Å². The van der Waals surface area contributed by atoms with Gasteiger partial charge >= 0.3 is 5.97 Å². The molecule has 1 atom stereocenters. The molecule has 0 aromatic carbocycles. The van der Waals surface area contributed by atoms with Crippen molar-refractivity contribution in [2.24, 2.45) is 11.1 Å². The summed E-state index contributed by atoms with van der Waals surface area (Å²) in [5.74, 6) is -1.19. The lowest BCUT2D eigenvalue weighted by Crippen LogP contribution is -2.37. The summed E-state index contributed by atoms with van der Waals surface area (Å²) in [6, 6.07) is 0. The van der Waals surface area contributed by atoms with Gasteiger partial charge in [-0.3, -0.25) is 4.79 Å². The van der Waals surface area contributed by atoms with Crippen LogP contribution >= 0.6 is 0 Å². The average Bonchev–Trinajstić information content (AvgIpc) is 1.86. The number of rotatable bonds is 3. The molecule has 0 aliphatic carbocycles. The molecule has 4 heteroatoms. The van der Waals surface area contributed by atoms with Gasteiger partial charge in [0.05, 0.1) is 0 Å². The molecule has 0 aromatic rings. The number of hydrogen-bond donors (Lipinski definition) is 2. The maximum Gasteiger partial charge on any atom is 0.313 e. The molecule has 54 valence electrons. The van der Waals surface area contributed by atoms with E-state index >= 15 is 0 Å². The number of halogens is 1. The van der Waals surface area contributed by atoms with Gasteiger partial charge in [-0.2, -0.15) is 0 Å². The Kier molecular flexibility index (Phi) is 2.58. The molecule has 0 aliphatic heterocycles. The molecule has 0 aromatic heterocycles. The molecule has 0 rings (SSSR count). The first kappa shape index (κ1) is 8.36. The monoisotopic (exact) mass is 135 g/mol. The highest BCUT2D eigenvalue weighted by Crippen LogP contribution is 2.14. The Morgan fingerprint density at radius 2 is 2.33 bits per heavy atom. The Bertz CT molecular complexity index is 112. The molecule has 0 bridgehead atoms. The fourth-order valence-corrected chi connectivity index (χ4v) is 0.199. The summed E-state index contributed by atoms with van der Waals surface area (Å²) >= 11 is 0. The molecular weight excluding hydrogens is 125 g/mol. The van der Waals surface area contributed by atoms with E-state index in [-0.39, 0.29) is 6.54 Å². The Morgan fingerprint density at radius 3 is 2.33 bits per heavy atom. The van der Waals surface area contributed by atoms with Crippen molar-refractivity contribution in [3.63, 3.8) is 0 Å². The van der Waals surface area contributed by atoms with E-state index in [9.17, 15) is 9.18 Å². The lowest BCUT2D eigenvalue weighted by molar-refractivity contribution is -0.148. The molecule has 0 fully saturated rings. The first-order valence-electron chi connectivity index (χ1n) is 2.56. The number of carboxylic acid groups (broad SMARTS) is 1. The topological polar surface area (TPSA) is 63.3 Å². The van der Waals surface area contributed by atoms with Gasteiger partial charge in [0.2, 0.25) is 0 Å². The minimum atomic E-state index is -1.39. The first-order chi connectivity index (χ1) is 4.06. The third-order valence-electron chi connectivity index (χ3n) is 1.26. The maximum atomic E-state index is 11.8. The molecule has 3 nitrogen and oxygen atoms in total. The smallest absolute Gasteiger partial charge is 0.313 e. The maximum absolute atomic E-state index is 11.8. The van der Waals surface area contributed by atoms with Crippen LogP contribution in [-0.4, -0.2) is 24.3 Å². The number of alkyl halides is 1. The van der Waals surface area contributed by atoms with Gasteiger partial charge in [-0.15, -0.1) is 0 Å². The lowest BCUT2D eigenvalue weighted by Gasteiger charge is -2.16. The van der Waals surface area contributed by atoms with Gasteiger partial charge in [0, 0.05) is 6.54 Å². The summed E-state index contributed by atoms with van der Waals surface area (Å²) in [6.07, 6.45) is 0. The largest absolute Gasteiger partial charge is 0.481 e. The van der Waals surface area contributed by atoms with Gasteiger partial charge in [-0.05, 0) is 6.92 Å². The molecule has 0 saturated carbocycles. The minimum absolute atomic E-state index is 0.168. The predicted molar refractivity (Wildman–Crippen MR) is 30.8 cm³/mol. The Labute approximate surface area is 52.7 Å². The van der Waals surface area contributed by atoms with Crippen LogP contribution in [-0.2, 0) is 4.79 Å². The molecule has 0 aliphatic rings. The Balaban J connectivity index is 4.09. The molecule has 0 heterocycles. The minimum Gasteiger partial charge on any atom is -0.481 e. The van der Waals surface area contributed by atoms with E-state index in [1.165, 1.54) is 6.92 Å². The van der Waals surface area contributed by atoms with E-state index in [1.54, 1.807) is 0 Å². The summed E-state index contributed by atoms with van der Waals surface area (Å²) in [5, 5.41) is 8.31. The highest BCUT2D eigenvalue weighted by Gasteiger charge is 2.31. The molecule has 0 spiro atoms. The molecular formula is C5H10FNO2. The van der Waals surface area contributed by atoms with Crippen molar-refractivity contribution in [2.45, 2.75) is 6.92 Å². The molecule has 0 amide bonds. The van der Waals surface area contributed by atoms with Crippen LogP contribution in [0.4, 0.5) is 4.39 Å². The molecule has 3 N–H and O–H groups in total. The van der Waals surface area contributed by atoms with Crippen LogP contribution in [0.15, 0.2) is 0 Å². The van der Waals surface area contributed by atoms with Crippen LogP contribution in [0.3, 0.4) is 0 Å². The summed E-state index contributed by atoms with van der Waals surface area (Å²) < 4.78 is 11.8. The van der Waals surface area contributed by atoms with E-state index in [2.05, 4.69) is 0 Å². The average molecular weight is 135 g/mol. The van der Waals surface area contributed by atoms with E-state index in [0.29, 0.717) is 0 Å². The van der Waals surface area contributed by atoms with E-state index < -0.39 is 18.1 Å². The van der Waals surface area contributed by atoms with Gasteiger partial charge in [0.15, 0.2) is 0 Å². The van der Waals surface area contributed by atoms with Crippen LogP contribution in [0.2, 0.25) is 0 Å². The first-order valence-corrected chi connectivity index (χ1v) is 2.56. The van der Waals surface area contributed by atoms with Crippen molar-refractivity contribution in [1.29, 1.82) is 0 Å². The number of carbonyl (C=O) groups is 1. The van der Waals surface area contributed by atoms with Crippen LogP contribution in [0.25, 0.3) is 0 Å². The highest BCUT2D eigenvalue weighted by atomic mass is 19.1. The fraction of sp³-hybridized carbons (Fsp3) is 0.800. The molecule has 0 saturated heterocycles. The second kappa shape index (κ2) is 2.77. The number of aliphatic carboxylic acids is 1. The van der Waals surface area contributed by atoms with Crippen LogP contribution in [0.5, 0.6) is 0 Å². The van der Waals surface area contributed by atoms with E-state index in [4.69, 9.17) is 10.8 Å². The van der Waals surface area contributed by atoms with Crippen molar-refractivity contribution in [1.82, 2.24) is 0 Å². The van der Waals surface area contributed by atoms with Gasteiger partial charge in [0.25, 0.3) is 0 Å². The van der Waals surface area contributed by atoms with Gasteiger partial charge in [-0.25, -0.2) is 4.39 Å². The normalized spacial score (nSPS) is 16.8. The summed E-state index contributed by atoms with van der Waals surface area (Å²) in [6.45, 7) is 0.187. The summed E-state index contributed by atoms with van der Waals surface area (Å²) in [5.41, 5.74) is 3.61. The van der Waals surface area contributed by atoms with Crippen LogP contribution in [0.1, 0.15) is 6.92 Å². The zero-order valence-electron chi connectivity index (χ0n) is 5.22. The van der Waals surface area contributed by atoms with Crippen molar-refractivity contribution < 1.29 is 14.3 Å². The van der Waals surface area contributed by atoms with Gasteiger partial charge < -0.3 is 10.8 Å². The summed E-state index contributed by atoms with van der Waals surface area (Å²) in [4.78, 5) is 10.2. The Morgan fingerprint density at radius 1 is 1.89 bits per heavy atom.